The summed E-state index contributed by atoms with van der Waals surface area (Å²) in [6.07, 6.45) is 13.4. The third-order valence-corrected chi connectivity index (χ3v) is 12.4. The van der Waals surface area contributed by atoms with E-state index in [-0.39, 0.29) is 17.6 Å². The van der Waals surface area contributed by atoms with Gasteiger partial charge in [-0.05, 0) is 0 Å². The van der Waals surface area contributed by atoms with Crippen molar-refractivity contribution in [3.8, 4) is 0 Å². The second-order valence-corrected chi connectivity index (χ2v) is 14.2. The summed E-state index contributed by atoms with van der Waals surface area (Å²) in [6.45, 7) is 9.46. The quantitative estimate of drug-likeness (QED) is 0.267. The van der Waals surface area contributed by atoms with Gasteiger partial charge in [-0.3, -0.25) is 0 Å². The average molecular weight is 329 g/mol. The first-order valence-corrected chi connectivity index (χ1v) is 15.2. The van der Waals surface area contributed by atoms with Gasteiger partial charge in [0.1, 0.15) is 0 Å². The number of hydrogen-bond donors (Lipinski definition) is 0. The summed E-state index contributed by atoms with van der Waals surface area (Å²) in [5.74, 6) is 0. The molecule has 0 saturated heterocycles. The smallest absolute Gasteiger partial charge is 0.0367 e. The number of hydrogen-bond acceptors (Lipinski definition) is 0. The second kappa shape index (κ2) is 16.8. The number of unbranched alkanes of at least 4 members (excludes halogenated alkanes) is 4. The van der Waals surface area contributed by atoms with Crippen LogP contribution in [0.2, 0.25) is 36.3 Å². The summed E-state index contributed by atoms with van der Waals surface area (Å²) in [5.41, 5.74) is 0. The highest BCUT2D eigenvalue weighted by Gasteiger charge is 2.13. The molecule has 0 aromatic carbocycles. The van der Waals surface area contributed by atoms with Crippen molar-refractivity contribution < 1.29 is 0 Å². The van der Waals surface area contributed by atoms with E-state index in [2.05, 4.69) is 27.7 Å². The van der Waals surface area contributed by atoms with Crippen molar-refractivity contribution >= 4 is 17.6 Å². The van der Waals surface area contributed by atoms with Crippen LogP contribution in [0.3, 0.4) is 0 Å². The van der Waals surface area contributed by atoms with Crippen LogP contribution in [0.4, 0.5) is 0 Å². The van der Waals surface area contributed by atoms with Gasteiger partial charge in [-0.2, -0.15) is 0 Å². The Hall–Kier alpha value is 0.434. The molecule has 0 atom stereocenters. The molecular weight excluding hydrogens is 284 g/mol. The van der Waals surface area contributed by atoms with Crippen LogP contribution < -0.4 is 0 Å². The molecular formula is C19H44Si2. The predicted octanol–water partition coefficient (Wildman–Crippen LogP) is 7.03. The Morgan fingerprint density at radius 3 is 0.857 bits per heavy atom. The predicted molar refractivity (Wildman–Crippen MR) is 107 cm³/mol. The van der Waals surface area contributed by atoms with E-state index in [1.165, 1.54) is 51.4 Å². The summed E-state index contributed by atoms with van der Waals surface area (Å²) in [4.78, 5) is 0. The highest BCUT2D eigenvalue weighted by molar-refractivity contribution is 6.60. The third kappa shape index (κ3) is 13.8. The van der Waals surface area contributed by atoms with Crippen molar-refractivity contribution in [2.75, 3.05) is 0 Å². The minimum absolute atomic E-state index is 0.360. The van der Waals surface area contributed by atoms with Crippen molar-refractivity contribution in [2.45, 2.75) is 122 Å². The molecule has 0 saturated carbocycles. The van der Waals surface area contributed by atoms with Crippen molar-refractivity contribution in [1.29, 1.82) is 0 Å². The van der Waals surface area contributed by atoms with Crippen LogP contribution in [0, 0.1) is 0 Å². The molecule has 0 nitrogen and oxygen atoms in total. The van der Waals surface area contributed by atoms with Crippen LogP contribution in [0.1, 0.15) is 85.5 Å². The van der Waals surface area contributed by atoms with Crippen molar-refractivity contribution in [2.24, 2.45) is 0 Å². The summed E-state index contributed by atoms with van der Waals surface area (Å²) in [7, 11) is -0.720. The molecule has 0 spiro atoms. The first-order chi connectivity index (χ1) is 10.3. The van der Waals surface area contributed by atoms with Crippen molar-refractivity contribution in [3.05, 3.63) is 0 Å². The maximum absolute atomic E-state index is 2.36. The Balaban J connectivity index is 3.96. The molecule has 0 rings (SSSR count). The van der Waals surface area contributed by atoms with E-state index >= 15 is 0 Å². The van der Waals surface area contributed by atoms with Crippen LogP contribution in [-0.2, 0) is 0 Å². The Kier molecular flexibility index (Phi) is 17.1. The third-order valence-electron chi connectivity index (χ3n) is 5.09. The molecule has 0 aromatic heterocycles. The molecule has 21 heavy (non-hydrogen) atoms. The Morgan fingerprint density at radius 2 is 0.619 bits per heavy atom. The van der Waals surface area contributed by atoms with Crippen LogP contribution >= 0.6 is 0 Å². The van der Waals surface area contributed by atoms with Gasteiger partial charge in [0.05, 0.1) is 0 Å². The summed E-state index contributed by atoms with van der Waals surface area (Å²) < 4.78 is 0. The van der Waals surface area contributed by atoms with Gasteiger partial charge < -0.3 is 0 Å². The maximum Gasteiger partial charge on any atom is 0.0367 e. The number of rotatable bonds is 16. The lowest BCUT2D eigenvalue weighted by Gasteiger charge is -2.18. The summed E-state index contributed by atoms with van der Waals surface area (Å²) >= 11 is 0. The highest BCUT2D eigenvalue weighted by atomic mass is 28.3. The normalized spacial score (nSPS) is 11.7. The molecule has 0 N–H and O–H groups in total. The standard InChI is InChI=1S/C19H44Si2/c1-5-9-14-20(15-10-6-2)18-13-19-21(16-11-7-3)17-12-8-4/h20-21H,5-19H2,1-4H3. The van der Waals surface area contributed by atoms with Gasteiger partial charge in [0.25, 0.3) is 0 Å². The Bertz CT molecular complexity index is 158. The minimum atomic E-state index is -0.360. The minimum Gasteiger partial charge on any atom is -0.0654 e. The monoisotopic (exact) mass is 328 g/mol. The Morgan fingerprint density at radius 1 is 0.381 bits per heavy atom. The van der Waals surface area contributed by atoms with Gasteiger partial charge in [-0.15, -0.1) is 0 Å². The highest BCUT2D eigenvalue weighted by Crippen LogP contribution is 2.21. The summed E-state index contributed by atoms with van der Waals surface area (Å²) in [6, 6.07) is 9.95. The zero-order valence-corrected chi connectivity index (χ0v) is 18.1. The molecule has 0 aliphatic rings. The van der Waals surface area contributed by atoms with E-state index in [0.29, 0.717) is 0 Å². The molecule has 0 fully saturated rings. The second-order valence-electron chi connectivity index (χ2n) is 7.23. The van der Waals surface area contributed by atoms with Crippen molar-refractivity contribution in [3.63, 3.8) is 0 Å². The van der Waals surface area contributed by atoms with Crippen LogP contribution in [0.5, 0.6) is 0 Å². The lowest BCUT2D eigenvalue weighted by atomic mass is 10.4. The van der Waals surface area contributed by atoms with Gasteiger partial charge in [0, 0.05) is 17.6 Å². The van der Waals surface area contributed by atoms with Gasteiger partial charge in [-0.1, -0.05) is 122 Å². The Labute approximate surface area is 139 Å². The van der Waals surface area contributed by atoms with E-state index in [1.54, 1.807) is 42.7 Å². The van der Waals surface area contributed by atoms with Crippen molar-refractivity contribution in [1.82, 2.24) is 0 Å². The fourth-order valence-electron chi connectivity index (χ4n) is 3.53. The fraction of sp³-hybridized carbons (Fsp3) is 1.00. The van der Waals surface area contributed by atoms with Crippen LogP contribution in [-0.4, -0.2) is 17.6 Å². The van der Waals surface area contributed by atoms with Crippen LogP contribution in [0.25, 0.3) is 0 Å². The van der Waals surface area contributed by atoms with Gasteiger partial charge in [-0.25, -0.2) is 0 Å². The zero-order valence-electron chi connectivity index (χ0n) is 15.8. The van der Waals surface area contributed by atoms with Gasteiger partial charge >= 0.3 is 0 Å². The molecule has 0 heterocycles. The first kappa shape index (κ1) is 21.4. The topological polar surface area (TPSA) is 0 Å². The molecule has 0 aliphatic heterocycles. The average Bonchev–Trinajstić information content (AvgIpc) is 2.51. The van der Waals surface area contributed by atoms with E-state index in [1.807, 2.05) is 0 Å². The lowest BCUT2D eigenvalue weighted by molar-refractivity contribution is 0.819. The van der Waals surface area contributed by atoms with E-state index in [0.717, 1.165) is 0 Å². The molecule has 0 aliphatic carbocycles. The summed E-state index contributed by atoms with van der Waals surface area (Å²) in [5, 5.41) is 0. The molecule has 0 radical (unpaired) electrons. The SMILES string of the molecule is CCCC[SiH](CCCC)CCC[SiH](CCCC)CCCC. The van der Waals surface area contributed by atoms with Gasteiger partial charge in [0.15, 0.2) is 0 Å². The maximum atomic E-state index is 2.36. The van der Waals surface area contributed by atoms with E-state index in [4.69, 9.17) is 0 Å². The molecule has 0 aromatic rings. The molecule has 0 unspecified atom stereocenters. The van der Waals surface area contributed by atoms with E-state index < -0.39 is 0 Å². The van der Waals surface area contributed by atoms with E-state index in [9.17, 15) is 0 Å². The molecule has 0 bridgehead atoms. The fourth-order valence-corrected chi connectivity index (χ4v) is 11.3. The zero-order chi connectivity index (χ0) is 15.8. The molecule has 128 valence electrons. The lowest BCUT2D eigenvalue weighted by Crippen LogP contribution is -2.15. The molecule has 0 amide bonds. The first-order valence-electron chi connectivity index (χ1n) is 10.3. The molecule has 2 heteroatoms. The van der Waals surface area contributed by atoms with Gasteiger partial charge in [0.2, 0.25) is 0 Å². The largest absolute Gasteiger partial charge is 0.0654 e. The van der Waals surface area contributed by atoms with Crippen LogP contribution in [0.15, 0.2) is 0 Å².